The summed E-state index contributed by atoms with van der Waals surface area (Å²) in [5, 5.41) is 4.99. The number of pyridine rings is 1. The minimum Gasteiger partial charge on any atom is -0.463 e. The first kappa shape index (κ1) is 18.6. The van der Waals surface area contributed by atoms with Gasteiger partial charge < -0.3 is 4.42 Å². The first-order chi connectivity index (χ1) is 14.2. The number of nitrogens with zero attached hydrogens (tertiary/aromatic N) is 2. The zero-order chi connectivity index (χ0) is 20.2. The zero-order valence-electron chi connectivity index (χ0n) is 15.7. The Balaban J connectivity index is 1.70. The van der Waals surface area contributed by atoms with Crippen LogP contribution in [0.1, 0.15) is 29.3 Å². The molecule has 0 aliphatic rings. The number of carbonyl (C=O) groups is 1. The normalized spacial score (nSPS) is 11.6. The maximum absolute atomic E-state index is 13.2. The van der Waals surface area contributed by atoms with E-state index >= 15 is 0 Å². The fourth-order valence-electron chi connectivity index (χ4n) is 3.08. The van der Waals surface area contributed by atoms with Gasteiger partial charge in [0.2, 0.25) is 0 Å². The molecule has 29 heavy (non-hydrogen) atoms. The number of rotatable bonds is 5. The van der Waals surface area contributed by atoms with Crippen LogP contribution in [0.4, 0.5) is 4.39 Å². The third-order valence-corrected chi connectivity index (χ3v) is 4.54. The van der Waals surface area contributed by atoms with Crippen molar-refractivity contribution < 1.29 is 13.6 Å². The second-order valence-corrected chi connectivity index (χ2v) is 6.41. The Morgan fingerprint density at radius 1 is 1.10 bits per heavy atom. The molecule has 0 unspecified atom stereocenters. The van der Waals surface area contributed by atoms with Crippen LogP contribution in [-0.4, -0.2) is 16.6 Å². The maximum atomic E-state index is 13.2. The van der Waals surface area contributed by atoms with E-state index in [4.69, 9.17) is 4.42 Å². The number of amides is 1. The summed E-state index contributed by atoms with van der Waals surface area (Å²) in [6.07, 6.45) is 2.15. The lowest BCUT2D eigenvalue weighted by atomic mass is 10.1. The number of hydrazone groups is 1. The second-order valence-electron chi connectivity index (χ2n) is 6.41. The molecule has 0 saturated carbocycles. The number of aromatic nitrogens is 1. The fourth-order valence-corrected chi connectivity index (χ4v) is 3.08. The van der Waals surface area contributed by atoms with Crippen LogP contribution >= 0.6 is 0 Å². The van der Waals surface area contributed by atoms with Crippen molar-refractivity contribution in [3.05, 3.63) is 89.9 Å². The van der Waals surface area contributed by atoms with E-state index in [0.29, 0.717) is 34.7 Å². The highest BCUT2D eigenvalue weighted by molar-refractivity contribution is 6.08. The van der Waals surface area contributed by atoms with E-state index in [1.807, 2.05) is 31.2 Å². The lowest BCUT2D eigenvalue weighted by Gasteiger charge is -2.09. The Morgan fingerprint density at radius 2 is 1.90 bits per heavy atom. The van der Waals surface area contributed by atoms with Crippen molar-refractivity contribution in [3.63, 3.8) is 0 Å². The topological polar surface area (TPSA) is 67.5 Å². The maximum Gasteiger partial charge on any atom is 0.272 e. The van der Waals surface area contributed by atoms with E-state index in [2.05, 4.69) is 15.5 Å². The molecular weight excluding hydrogens is 369 g/mol. The number of para-hydroxylation sites is 1. The van der Waals surface area contributed by atoms with Crippen molar-refractivity contribution in [1.82, 2.24) is 10.4 Å². The van der Waals surface area contributed by atoms with Gasteiger partial charge in [-0.1, -0.05) is 37.3 Å². The number of benzene rings is 2. The largest absolute Gasteiger partial charge is 0.463 e. The highest BCUT2D eigenvalue weighted by atomic mass is 19.1. The number of hydrogen-bond donors (Lipinski definition) is 1. The third-order valence-electron chi connectivity index (χ3n) is 4.54. The first-order valence-electron chi connectivity index (χ1n) is 9.22. The van der Waals surface area contributed by atoms with Crippen LogP contribution in [0.3, 0.4) is 0 Å². The van der Waals surface area contributed by atoms with Gasteiger partial charge in [-0.3, -0.25) is 4.79 Å². The molecule has 0 bridgehead atoms. The summed E-state index contributed by atoms with van der Waals surface area (Å²) in [5.74, 6) is -0.0970. The molecule has 0 radical (unpaired) electrons. The Kier molecular flexibility index (Phi) is 5.16. The van der Waals surface area contributed by atoms with Gasteiger partial charge in [-0.2, -0.15) is 5.10 Å². The van der Waals surface area contributed by atoms with Crippen LogP contribution in [-0.2, 0) is 0 Å². The van der Waals surface area contributed by atoms with Crippen molar-refractivity contribution in [2.24, 2.45) is 5.10 Å². The van der Waals surface area contributed by atoms with Crippen molar-refractivity contribution in [2.45, 2.75) is 13.3 Å². The van der Waals surface area contributed by atoms with Gasteiger partial charge in [-0.15, -0.1) is 0 Å². The molecule has 2 aromatic heterocycles. The van der Waals surface area contributed by atoms with Crippen molar-refractivity contribution in [1.29, 1.82) is 0 Å². The monoisotopic (exact) mass is 387 g/mol. The lowest BCUT2D eigenvalue weighted by Crippen LogP contribution is -2.20. The van der Waals surface area contributed by atoms with Gasteiger partial charge in [0.1, 0.15) is 11.5 Å². The summed E-state index contributed by atoms with van der Waals surface area (Å²) in [5.41, 5.74) is 5.73. The number of nitrogens with one attached hydrogen (secondary N) is 1. The molecule has 0 fully saturated rings. The molecule has 2 heterocycles. The van der Waals surface area contributed by atoms with E-state index in [9.17, 15) is 9.18 Å². The summed E-state index contributed by atoms with van der Waals surface area (Å²) in [6.45, 7) is 1.92. The van der Waals surface area contributed by atoms with Crippen molar-refractivity contribution in [2.75, 3.05) is 0 Å². The minimum absolute atomic E-state index is 0.318. The highest BCUT2D eigenvalue weighted by Gasteiger charge is 2.15. The fraction of sp³-hybridized carbons (Fsp3) is 0.0870. The summed E-state index contributed by atoms with van der Waals surface area (Å²) in [4.78, 5) is 17.5. The summed E-state index contributed by atoms with van der Waals surface area (Å²) < 4.78 is 18.6. The van der Waals surface area contributed by atoms with E-state index in [1.165, 1.54) is 12.1 Å². The number of hydrogen-bond acceptors (Lipinski definition) is 4. The Labute approximate surface area is 166 Å². The lowest BCUT2D eigenvalue weighted by molar-refractivity contribution is 0.0956. The van der Waals surface area contributed by atoms with Gasteiger partial charge in [-0.25, -0.2) is 14.8 Å². The molecule has 144 valence electrons. The molecule has 0 saturated heterocycles. The molecule has 6 heteroatoms. The van der Waals surface area contributed by atoms with Crippen molar-refractivity contribution >= 4 is 22.5 Å². The van der Waals surface area contributed by atoms with Gasteiger partial charge in [0.05, 0.1) is 23.1 Å². The van der Waals surface area contributed by atoms with Crippen LogP contribution in [0.5, 0.6) is 0 Å². The number of carbonyl (C=O) groups excluding carboxylic acids is 1. The SMILES string of the molecule is CCC(=NNC(=O)c1cc(-c2ccco2)nc2ccccc12)c1ccc(F)cc1. The predicted molar refractivity (Wildman–Crippen MR) is 110 cm³/mol. The van der Waals surface area contributed by atoms with Crippen LogP contribution < -0.4 is 5.43 Å². The molecule has 2 aromatic carbocycles. The summed E-state index contributed by atoms with van der Waals surface area (Å²) >= 11 is 0. The number of furan rings is 1. The molecule has 5 nitrogen and oxygen atoms in total. The third kappa shape index (κ3) is 3.91. The number of fused-ring (bicyclic) bond motifs is 1. The van der Waals surface area contributed by atoms with E-state index in [-0.39, 0.29) is 11.7 Å². The highest BCUT2D eigenvalue weighted by Crippen LogP contribution is 2.25. The van der Waals surface area contributed by atoms with E-state index in [0.717, 1.165) is 10.9 Å². The quantitative estimate of drug-likeness (QED) is 0.379. The average Bonchev–Trinajstić information content (AvgIpc) is 3.29. The van der Waals surface area contributed by atoms with E-state index in [1.54, 1.807) is 36.6 Å². The molecule has 0 aliphatic carbocycles. The Hall–Kier alpha value is -3.80. The van der Waals surface area contributed by atoms with Gasteiger partial charge in [0.15, 0.2) is 5.76 Å². The Bertz CT molecular complexity index is 1180. The van der Waals surface area contributed by atoms with Crippen LogP contribution in [0, 0.1) is 5.82 Å². The van der Waals surface area contributed by atoms with Crippen LogP contribution in [0.25, 0.3) is 22.4 Å². The predicted octanol–water partition coefficient (Wildman–Crippen LogP) is 5.18. The zero-order valence-corrected chi connectivity index (χ0v) is 15.7. The molecule has 1 N–H and O–H groups in total. The molecule has 0 aliphatic heterocycles. The van der Waals surface area contributed by atoms with E-state index < -0.39 is 0 Å². The average molecular weight is 387 g/mol. The van der Waals surface area contributed by atoms with Crippen LogP contribution in [0.15, 0.2) is 82.5 Å². The van der Waals surface area contributed by atoms with Crippen molar-refractivity contribution in [3.8, 4) is 11.5 Å². The van der Waals surface area contributed by atoms with Gasteiger partial charge in [0.25, 0.3) is 5.91 Å². The standard InChI is InChI=1S/C23H18FN3O2/c1-2-19(15-9-11-16(24)12-10-15)26-27-23(28)18-14-21(22-8-5-13-29-22)25-20-7-4-3-6-17(18)20/h3-14H,2H2,1H3,(H,27,28). The molecular formula is C23H18FN3O2. The summed E-state index contributed by atoms with van der Waals surface area (Å²) in [6, 6.07) is 18.7. The molecule has 4 aromatic rings. The molecule has 0 atom stereocenters. The molecule has 1 amide bonds. The smallest absolute Gasteiger partial charge is 0.272 e. The summed E-state index contributed by atoms with van der Waals surface area (Å²) in [7, 11) is 0. The van der Waals surface area contributed by atoms with Crippen LogP contribution in [0.2, 0.25) is 0 Å². The van der Waals surface area contributed by atoms with Gasteiger partial charge >= 0.3 is 0 Å². The second kappa shape index (κ2) is 8.06. The Morgan fingerprint density at radius 3 is 2.62 bits per heavy atom. The first-order valence-corrected chi connectivity index (χ1v) is 9.22. The van der Waals surface area contributed by atoms with Gasteiger partial charge in [-0.05, 0) is 48.4 Å². The number of halogens is 1. The molecule has 0 spiro atoms. The van der Waals surface area contributed by atoms with Gasteiger partial charge in [0, 0.05) is 5.39 Å². The molecule has 4 rings (SSSR count). The minimum atomic E-state index is -0.357.